The number of likely N-dealkylation sites (tertiary alicyclic amines) is 1. The lowest BCUT2D eigenvalue weighted by Gasteiger charge is -2.45. The molecule has 0 bridgehead atoms. The normalized spacial score (nSPS) is 32.1. The Bertz CT molecular complexity index is 606. The van der Waals surface area contributed by atoms with Gasteiger partial charge in [0.2, 0.25) is 0 Å². The summed E-state index contributed by atoms with van der Waals surface area (Å²) in [7, 11) is 0. The number of hydrogen-bond donors (Lipinski definition) is 2. The largest absolute Gasteiger partial charge is 0.481 e. The first-order chi connectivity index (χ1) is 12.0. The van der Waals surface area contributed by atoms with Gasteiger partial charge in [0.05, 0.1) is 24.1 Å². The predicted molar refractivity (Wildman–Crippen MR) is 90.1 cm³/mol. The fourth-order valence-corrected chi connectivity index (χ4v) is 3.88. The van der Waals surface area contributed by atoms with Crippen molar-refractivity contribution in [1.82, 2.24) is 20.0 Å². The van der Waals surface area contributed by atoms with Crippen molar-refractivity contribution in [2.24, 2.45) is 11.8 Å². The summed E-state index contributed by atoms with van der Waals surface area (Å²) in [6, 6.07) is 1.56. The van der Waals surface area contributed by atoms with Gasteiger partial charge in [-0.15, -0.1) is 0 Å². The monoisotopic (exact) mass is 350 g/mol. The number of carboxylic acid groups (broad SMARTS) is 1. The van der Waals surface area contributed by atoms with Crippen LogP contribution in [0.15, 0.2) is 18.5 Å². The molecule has 1 aliphatic carbocycles. The summed E-state index contributed by atoms with van der Waals surface area (Å²) >= 11 is 0. The number of amides is 2. The number of hydrogen-bond acceptors (Lipinski definition) is 4. The molecule has 0 aromatic carbocycles. The lowest BCUT2D eigenvalue weighted by molar-refractivity contribution is -0.143. The molecule has 1 aliphatic heterocycles. The highest BCUT2D eigenvalue weighted by molar-refractivity contribution is 5.77. The third kappa shape index (κ3) is 3.78. The molecule has 2 heterocycles. The Morgan fingerprint density at radius 3 is 2.80 bits per heavy atom. The van der Waals surface area contributed by atoms with Crippen LogP contribution < -0.4 is 5.32 Å². The Morgan fingerprint density at radius 2 is 2.16 bits per heavy atom. The molecule has 5 atom stereocenters. The second-order valence-corrected chi connectivity index (χ2v) is 7.04. The molecular weight excluding hydrogens is 324 g/mol. The van der Waals surface area contributed by atoms with Crippen molar-refractivity contribution >= 4 is 12.0 Å². The van der Waals surface area contributed by atoms with Gasteiger partial charge in [-0.1, -0.05) is 6.92 Å². The maximum absolute atomic E-state index is 12.6. The number of ether oxygens (including phenoxy) is 1. The van der Waals surface area contributed by atoms with Crippen LogP contribution in [0.2, 0.25) is 0 Å². The summed E-state index contributed by atoms with van der Waals surface area (Å²) in [5.74, 6) is -1.15. The van der Waals surface area contributed by atoms with Gasteiger partial charge in [0.1, 0.15) is 0 Å². The third-order valence-electron chi connectivity index (χ3n) is 5.10. The Labute approximate surface area is 147 Å². The minimum atomic E-state index is -0.834. The Morgan fingerprint density at radius 1 is 1.36 bits per heavy atom. The van der Waals surface area contributed by atoms with Gasteiger partial charge in [0.25, 0.3) is 0 Å². The van der Waals surface area contributed by atoms with Crippen LogP contribution in [0.4, 0.5) is 4.79 Å². The maximum atomic E-state index is 12.6. The van der Waals surface area contributed by atoms with Crippen LogP contribution in [-0.4, -0.2) is 63.6 Å². The van der Waals surface area contributed by atoms with Crippen LogP contribution in [0.25, 0.3) is 0 Å². The molecule has 1 saturated heterocycles. The van der Waals surface area contributed by atoms with E-state index in [-0.39, 0.29) is 36.7 Å². The molecule has 25 heavy (non-hydrogen) atoms. The number of aliphatic carboxylic acids is 1. The summed E-state index contributed by atoms with van der Waals surface area (Å²) in [6.07, 6.45) is 4.96. The molecule has 1 aromatic rings. The molecule has 1 saturated carbocycles. The molecule has 2 fully saturated rings. The Balaban J connectivity index is 1.63. The Hall–Kier alpha value is -2.09. The average molecular weight is 350 g/mol. The van der Waals surface area contributed by atoms with Gasteiger partial charge in [0, 0.05) is 32.1 Å². The number of nitrogens with zero attached hydrogens (tertiary/aromatic N) is 3. The average Bonchev–Trinajstić information content (AvgIpc) is 3.06. The fraction of sp³-hybridized carbons (Fsp3) is 0.706. The van der Waals surface area contributed by atoms with Crippen molar-refractivity contribution in [2.75, 3.05) is 19.7 Å². The topological polar surface area (TPSA) is 96.7 Å². The molecule has 1 aromatic heterocycles. The lowest BCUT2D eigenvalue weighted by atomic mass is 9.82. The molecule has 8 heteroatoms. The second-order valence-electron chi connectivity index (χ2n) is 7.04. The molecule has 2 amide bonds. The molecular formula is C17H26N4O4. The van der Waals surface area contributed by atoms with Gasteiger partial charge in [-0.3, -0.25) is 9.48 Å². The maximum Gasteiger partial charge on any atom is 0.317 e. The van der Waals surface area contributed by atoms with Gasteiger partial charge in [-0.2, -0.15) is 5.10 Å². The molecule has 3 rings (SSSR count). The number of piperidine rings is 1. The van der Waals surface area contributed by atoms with Crippen molar-refractivity contribution in [3.63, 3.8) is 0 Å². The number of carbonyl (C=O) groups is 2. The summed E-state index contributed by atoms with van der Waals surface area (Å²) in [5, 5.41) is 16.6. The molecule has 5 unspecified atom stereocenters. The number of carboxylic acids is 1. The molecule has 2 aliphatic rings. The molecule has 0 radical (unpaired) electrons. The summed E-state index contributed by atoms with van der Waals surface area (Å²) in [6.45, 7) is 5.40. The van der Waals surface area contributed by atoms with E-state index in [1.54, 1.807) is 11.1 Å². The highest BCUT2D eigenvalue weighted by Crippen LogP contribution is 2.35. The minimum absolute atomic E-state index is 0.0299. The number of nitrogens with one attached hydrogen (secondary N) is 1. The molecule has 8 nitrogen and oxygen atoms in total. The van der Waals surface area contributed by atoms with Crippen LogP contribution in [0.1, 0.15) is 32.7 Å². The van der Waals surface area contributed by atoms with Crippen molar-refractivity contribution in [3.8, 4) is 0 Å². The van der Waals surface area contributed by atoms with E-state index in [0.29, 0.717) is 19.6 Å². The van der Waals surface area contributed by atoms with E-state index >= 15 is 0 Å². The van der Waals surface area contributed by atoms with Crippen LogP contribution in [-0.2, 0) is 9.53 Å². The molecule has 2 N–H and O–H groups in total. The zero-order valence-corrected chi connectivity index (χ0v) is 14.7. The van der Waals surface area contributed by atoms with E-state index in [2.05, 4.69) is 10.4 Å². The number of aromatic nitrogens is 2. The second kappa shape index (κ2) is 7.43. The van der Waals surface area contributed by atoms with Gasteiger partial charge in [0.15, 0.2) is 0 Å². The first-order valence-corrected chi connectivity index (χ1v) is 8.88. The van der Waals surface area contributed by atoms with Crippen LogP contribution >= 0.6 is 0 Å². The van der Waals surface area contributed by atoms with Gasteiger partial charge in [-0.05, 0) is 31.7 Å². The van der Waals surface area contributed by atoms with Gasteiger partial charge < -0.3 is 20.1 Å². The summed E-state index contributed by atoms with van der Waals surface area (Å²) in [4.78, 5) is 25.6. The minimum Gasteiger partial charge on any atom is -0.481 e. The lowest BCUT2D eigenvalue weighted by Crippen LogP contribution is -2.60. The number of carbonyl (C=O) groups excluding carboxylic acids is 1. The van der Waals surface area contributed by atoms with E-state index < -0.39 is 11.9 Å². The van der Waals surface area contributed by atoms with Crippen molar-refractivity contribution in [2.45, 2.75) is 44.9 Å². The zero-order chi connectivity index (χ0) is 18.0. The van der Waals surface area contributed by atoms with E-state index in [1.165, 1.54) is 0 Å². The van der Waals surface area contributed by atoms with Crippen molar-refractivity contribution < 1.29 is 19.4 Å². The van der Waals surface area contributed by atoms with Crippen LogP contribution in [0.5, 0.6) is 0 Å². The van der Waals surface area contributed by atoms with Crippen molar-refractivity contribution in [3.05, 3.63) is 18.5 Å². The summed E-state index contributed by atoms with van der Waals surface area (Å²) < 4.78 is 7.56. The third-order valence-corrected chi connectivity index (χ3v) is 5.10. The zero-order valence-electron chi connectivity index (χ0n) is 14.7. The Kier molecular flexibility index (Phi) is 5.27. The molecule has 138 valence electrons. The highest BCUT2D eigenvalue weighted by atomic mass is 16.5. The smallest absolute Gasteiger partial charge is 0.317 e. The van der Waals surface area contributed by atoms with Crippen LogP contribution in [0.3, 0.4) is 0 Å². The SMILES string of the molecule is CCOC1CC(NC(=O)N2CC(C)CC(C(=O)O)C2)C1n1cccn1. The van der Waals surface area contributed by atoms with E-state index in [4.69, 9.17) is 4.74 Å². The quantitative estimate of drug-likeness (QED) is 0.836. The fourth-order valence-electron chi connectivity index (χ4n) is 3.88. The van der Waals surface area contributed by atoms with E-state index in [0.717, 1.165) is 6.42 Å². The standard InChI is InChI=1S/C17H26N4O4/c1-3-25-14-8-13(15(14)21-6-4-5-18-21)19-17(24)20-9-11(2)7-12(10-20)16(22)23/h4-6,11-15H,3,7-10H2,1-2H3,(H,19,24)(H,22,23). The van der Waals surface area contributed by atoms with Crippen molar-refractivity contribution in [1.29, 1.82) is 0 Å². The number of rotatable bonds is 5. The van der Waals surface area contributed by atoms with Crippen LogP contribution in [0, 0.1) is 11.8 Å². The summed E-state index contributed by atoms with van der Waals surface area (Å²) in [5.41, 5.74) is 0. The highest BCUT2D eigenvalue weighted by Gasteiger charge is 2.45. The first-order valence-electron chi connectivity index (χ1n) is 8.88. The first kappa shape index (κ1) is 17.7. The van der Waals surface area contributed by atoms with Gasteiger partial charge in [-0.25, -0.2) is 4.79 Å². The number of urea groups is 1. The van der Waals surface area contributed by atoms with E-state index in [9.17, 15) is 14.7 Å². The van der Waals surface area contributed by atoms with Gasteiger partial charge >= 0.3 is 12.0 Å². The molecule has 0 spiro atoms. The predicted octanol–water partition coefficient (Wildman–Crippen LogP) is 1.35. The van der Waals surface area contributed by atoms with E-state index in [1.807, 2.05) is 30.8 Å².